The third-order valence-corrected chi connectivity index (χ3v) is 8.35. The fraction of sp³-hybridized carbons (Fsp3) is 0.417. The number of halogens is 1. The number of nitrogens with two attached hydrogens (primary N) is 1. The van der Waals surface area contributed by atoms with E-state index in [1.807, 2.05) is 0 Å². The number of anilines is 1. The Hall–Kier alpha value is -1.57. The minimum absolute atomic E-state index is 0.120. The van der Waals surface area contributed by atoms with E-state index in [0.717, 1.165) is 0 Å². The average Bonchev–Trinajstić information content (AvgIpc) is 2.95. The molecule has 2 aromatic rings. The first kappa shape index (κ1) is 24.1. The number of phosphoric ester groups is 1. The molecule has 31 heavy (non-hydrogen) atoms. The van der Waals surface area contributed by atoms with Crippen molar-refractivity contribution in [2.75, 3.05) is 12.3 Å². The molecule has 1 fully saturated rings. The van der Waals surface area contributed by atoms with Gasteiger partial charge in [-0.2, -0.15) is 23.0 Å². The fourth-order valence-corrected chi connectivity index (χ4v) is 6.32. The molecule has 0 spiro atoms. The minimum atomic E-state index is -5.60. The van der Waals surface area contributed by atoms with Crippen molar-refractivity contribution >= 4 is 40.4 Å². The molecule has 0 amide bonds. The molecule has 2 unspecified atom stereocenters. The van der Waals surface area contributed by atoms with Crippen LogP contribution in [-0.2, 0) is 26.8 Å². The zero-order chi connectivity index (χ0) is 23.4. The molecule has 2 heterocycles. The number of hydrogen-bond acceptors (Lipinski definition) is 10. The number of rotatable bonds is 8. The minimum Gasteiger partial charge on any atom is -0.382 e. The van der Waals surface area contributed by atoms with Gasteiger partial charge in [-0.05, 0) is 11.5 Å². The van der Waals surface area contributed by atoms with Gasteiger partial charge in [-0.1, -0.05) is 13.5 Å². The number of nitrogen functional groups attached to an aromatic ring is 1. The molecule has 0 aromatic carbocycles. The van der Waals surface area contributed by atoms with Crippen LogP contribution in [0.15, 0.2) is 18.5 Å². The summed E-state index contributed by atoms with van der Waals surface area (Å²) >= 11 is 0. The van der Waals surface area contributed by atoms with Crippen LogP contribution in [0.1, 0.15) is 13.0 Å². The smallest absolute Gasteiger partial charge is 0.382 e. The van der Waals surface area contributed by atoms with E-state index in [-0.39, 0.29) is 22.9 Å². The number of nitrogens with zero attached hydrogens (tertiary/aromatic N) is 4. The van der Waals surface area contributed by atoms with E-state index in [4.69, 9.17) is 20.4 Å². The van der Waals surface area contributed by atoms with Crippen molar-refractivity contribution in [2.45, 2.75) is 13.0 Å². The third-order valence-electron chi connectivity index (χ3n) is 4.54. The van der Waals surface area contributed by atoms with E-state index in [1.165, 1.54) is 10.9 Å². The number of fused-ring (bicyclic) bond motifs is 1. The van der Waals surface area contributed by atoms with Crippen LogP contribution in [0.4, 0.5) is 10.2 Å². The van der Waals surface area contributed by atoms with Crippen molar-refractivity contribution in [3.63, 3.8) is 0 Å². The Morgan fingerprint density at radius 1 is 1.19 bits per heavy atom. The molecule has 3 rings (SSSR count). The molecule has 0 aliphatic heterocycles. The van der Waals surface area contributed by atoms with Crippen molar-refractivity contribution in [1.82, 2.24) is 19.5 Å². The average molecular weight is 503 g/mol. The van der Waals surface area contributed by atoms with Crippen molar-refractivity contribution in [3.05, 3.63) is 24.6 Å². The second-order valence-corrected chi connectivity index (χ2v) is 11.0. The lowest BCUT2D eigenvalue weighted by Gasteiger charge is -2.45. The zero-order valence-electron chi connectivity index (χ0n) is 15.5. The molecule has 19 heteroatoms. The lowest BCUT2D eigenvalue weighted by Crippen LogP contribution is -2.41. The van der Waals surface area contributed by atoms with Gasteiger partial charge in [0.25, 0.3) is 0 Å². The molecule has 15 nitrogen and oxygen atoms in total. The summed E-state index contributed by atoms with van der Waals surface area (Å²) in [5, 5.41) is 0. The Bertz CT molecular complexity index is 1180. The Labute approximate surface area is 173 Å². The van der Waals surface area contributed by atoms with Gasteiger partial charge in [-0.15, -0.1) is 0 Å². The van der Waals surface area contributed by atoms with Gasteiger partial charge in [0.1, 0.15) is 5.52 Å². The van der Waals surface area contributed by atoms with Crippen LogP contribution in [-0.4, -0.2) is 45.7 Å². The quantitative estimate of drug-likeness (QED) is 0.194. The first-order valence-electron chi connectivity index (χ1n) is 8.23. The number of hydrogen-bond donors (Lipinski definition) is 5. The summed E-state index contributed by atoms with van der Waals surface area (Å²) in [7, 11) is -16.3. The highest BCUT2D eigenvalue weighted by Gasteiger charge is 2.46. The van der Waals surface area contributed by atoms with E-state index >= 15 is 0 Å². The predicted molar refractivity (Wildman–Crippen MR) is 100 cm³/mol. The second-order valence-electron chi connectivity index (χ2n) is 6.57. The molecule has 172 valence electrons. The van der Waals surface area contributed by atoms with Crippen molar-refractivity contribution in [2.24, 2.45) is 11.8 Å². The molecular formula is C12H17FN5O10P3. The highest BCUT2D eigenvalue weighted by molar-refractivity contribution is 7.66. The van der Waals surface area contributed by atoms with E-state index in [1.54, 1.807) is 6.92 Å². The summed E-state index contributed by atoms with van der Waals surface area (Å²) in [5.74, 6) is -1.00. The monoisotopic (exact) mass is 503 g/mol. The molecule has 0 bridgehead atoms. The number of aromatic nitrogens is 4. The summed E-state index contributed by atoms with van der Waals surface area (Å²) in [4.78, 5) is 46.9. The molecule has 6 N–H and O–H groups in total. The normalized spacial score (nSPS) is 25.7. The van der Waals surface area contributed by atoms with Gasteiger partial charge >= 0.3 is 29.5 Å². The molecule has 2 aromatic heterocycles. The molecule has 1 aliphatic carbocycles. The van der Waals surface area contributed by atoms with Crippen LogP contribution < -0.4 is 5.73 Å². The third kappa shape index (κ3) is 5.26. The molecule has 5 atom stereocenters. The number of imidazole rings is 1. The van der Waals surface area contributed by atoms with Crippen LogP contribution in [0, 0.1) is 17.9 Å². The van der Waals surface area contributed by atoms with Gasteiger partial charge in [0.2, 0.25) is 0 Å². The highest BCUT2D eigenvalue weighted by Crippen LogP contribution is 2.66. The predicted octanol–water partition coefficient (Wildman–Crippen LogP) is 1.25. The first-order valence-corrected chi connectivity index (χ1v) is 12.7. The Morgan fingerprint density at radius 3 is 2.42 bits per heavy atom. The van der Waals surface area contributed by atoms with E-state index in [0.29, 0.717) is 5.57 Å². The fourth-order valence-electron chi connectivity index (χ4n) is 3.28. The van der Waals surface area contributed by atoms with E-state index < -0.39 is 48.1 Å². The standard InChI is InChI=1S/C12H17FN5O10P3/c1-5-7(3-26-30(22,23)28-31(24,25)27-29(19,20)21)6(2)9(5)18-4-15-8-10(14)16-12(13)17-11(8)18/h4,6-7,9H,1,3H2,2H3,(H,22,23)(H,24,25)(H2,14,16,17)(H2,19,20,21)/t6-,7+,9-/m1/s1. The summed E-state index contributed by atoms with van der Waals surface area (Å²) in [6.45, 7) is 5.08. The highest BCUT2D eigenvalue weighted by atomic mass is 31.3. The Morgan fingerprint density at radius 2 is 1.84 bits per heavy atom. The van der Waals surface area contributed by atoms with Crippen LogP contribution in [0.2, 0.25) is 0 Å². The summed E-state index contributed by atoms with van der Waals surface area (Å²) in [6.07, 6.45) is 0.314. The van der Waals surface area contributed by atoms with Crippen molar-refractivity contribution < 1.29 is 50.8 Å². The molecule has 0 saturated heterocycles. The topological polar surface area (TPSA) is 229 Å². The van der Waals surface area contributed by atoms with Crippen LogP contribution in [0.3, 0.4) is 0 Å². The van der Waals surface area contributed by atoms with Gasteiger partial charge in [0.15, 0.2) is 11.5 Å². The SMILES string of the molecule is C=C1[C@@H](n2cnc3c(N)nc(F)nc32)[C@H](C)[C@H]1COP(=O)(O)OP(=O)(O)OP(=O)(O)O. The molecule has 0 radical (unpaired) electrons. The molecular weight excluding hydrogens is 486 g/mol. The molecule has 1 aliphatic rings. The lowest BCUT2D eigenvalue weighted by molar-refractivity contribution is 0.1000. The molecule has 1 saturated carbocycles. The van der Waals surface area contributed by atoms with Gasteiger partial charge in [-0.3, -0.25) is 4.52 Å². The van der Waals surface area contributed by atoms with Crippen molar-refractivity contribution in [3.8, 4) is 0 Å². The van der Waals surface area contributed by atoms with Gasteiger partial charge in [0, 0.05) is 5.92 Å². The van der Waals surface area contributed by atoms with Gasteiger partial charge in [0.05, 0.1) is 19.0 Å². The van der Waals surface area contributed by atoms with Crippen LogP contribution in [0.5, 0.6) is 0 Å². The lowest BCUT2D eigenvalue weighted by atomic mass is 9.67. The largest absolute Gasteiger partial charge is 0.490 e. The summed E-state index contributed by atoms with van der Waals surface area (Å²) in [6, 6.07) is -0.451. The maximum Gasteiger partial charge on any atom is 0.490 e. The van der Waals surface area contributed by atoms with Crippen LogP contribution in [0.25, 0.3) is 11.2 Å². The Kier molecular flexibility index (Phi) is 6.28. The maximum atomic E-state index is 13.5. The Balaban J connectivity index is 1.68. The number of phosphoric acid groups is 3. The maximum absolute atomic E-state index is 13.5. The first-order chi connectivity index (χ1) is 14.1. The van der Waals surface area contributed by atoms with Gasteiger partial charge < -0.3 is 29.9 Å². The van der Waals surface area contributed by atoms with Crippen LogP contribution >= 0.6 is 23.5 Å². The van der Waals surface area contributed by atoms with E-state index in [2.05, 4.69) is 34.7 Å². The van der Waals surface area contributed by atoms with E-state index in [9.17, 15) is 23.0 Å². The summed E-state index contributed by atoms with van der Waals surface area (Å²) < 4.78 is 60.9. The zero-order valence-corrected chi connectivity index (χ0v) is 18.2. The summed E-state index contributed by atoms with van der Waals surface area (Å²) in [5.41, 5.74) is 6.40. The second kappa shape index (κ2) is 8.09. The van der Waals surface area contributed by atoms with Gasteiger partial charge in [-0.25, -0.2) is 18.7 Å². The van der Waals surface area contributed by atoms with Crippen molar-refractivity contribution in [1.29, 1.82) is 0 Å².